The second-order valence-corrected chi connectivity index (χ2v) is 4.46. The molecule has 0 unspecified atom stereocenters. The van der Waals surface area contributed by atoms with Crippen LogP contribution in [0, 0.1) is 0 Å². The molecule has 0 saturated carbocycles. The Morgan fingerprint density at radius 2 is 1.90 bits per heavy atom. The van der Waals surface area contributed by atoms with Gasteiger partial charge in [0.05, 0.1) is 0 Å². The molecular formula is C16H15N3O. The third-order valence-electron chi connectivity index (χ3n) is 3.12. The molecule has 3 rings (SSSR count). The molecule has 0 aliphatic rings. The summed E-state index contributed by atoms with van der Waals surface area (Å²) in [4.78, 5) is 4.19. The Hall–Kier alpha value is -2.59. The van der Waals surface area contributed by atoms with Crippen LogP contribution < -0.4 is 16.0 Å². The largest absolute Gasteiger partial charge is 0.489 e. The van der Waals surface area contributed by atoms with Crippen LogP contribution in [0.4, 0.5) is 5.82 Å². The van der Waals surface area contributed by atoms with E-state index in [1.807, 2.05) is 54.6 Å². The van der Waals surface area contributed by atoms with Crippen LogP contribution >= 0.6 is 0 Å². The minimum Gasteiger partial charge on any atom is -0.489 e. The lowest BCUT2D eigenvalue weighted by atomic mass is 10.1. The number of benzene rings is 2. The first kappa shape index (κ1) is 12.4. The van der Waals surface area contributed by atoms with E-state index in [0.717, 1.165) is 22.1 Å². The third kappa shape index (κ3) is 2.55. The maximum atomic E-state index is 5.80. The van der Waals surface area contributed by atoms with Gasteiger partial charge < -0.3 is 10.2 Å². The molecule has 0 spiro atoms. The summed E-state index contributed by atoms with van der Waals surface area (Å²) in [6.07, 6.45) is 1.72. The molecule has 0 radical (unpaired) electrons. The van der Waals surface area contributed by atoms with Gasteiger partial charge in [-0.15, -0.1) is 0 Å². The van der Waals surface area contributed by atoms with Gasteiger partial charge in [0.2, 0.25) is 0 Å². The van der Waals surface area contributed by atoms with Gasteiger partial charge >= 0.3 is 0 Å². The van der Waals surface area contributed by atoms with Crippen LogP contribution in [0.2, 0.25) is 0 Å². The summed E-state index contributed by atoms with van der Waals surface area (Å²) >= 11 is 0. The lowest BCUT2D eigenvalue weighted by Gasteiger charge is -2.09. The van der Waals surface area contributed by atoms with E-state index in [9.17, 15) is 0 Å². The zero-order valence-electron chi connectivity index (χ0n) is 10.9. The molecule has 0 fully saturated rings. The van der Waals surface area contributed by atoms with E-state index in [0.29, 0.717) is 12.4 Å². The molecule has 4 heteroatoms. The molecule has 1 heterocycles. The molecule has 2 aromatic carbocycles. The van der Waals surface area contributed by atoms with E-state index >= 15 is 0 Å². The van der Waals surface area contributed by atoms with Gasteiger partial charge in [-0.05, 0) is 29.1 Å². The van der Waals surface area contributed by atoms with Crippen LogP contribution in [-0.2, 0) is 6.61 Å². The maximum absolute atomic E-state index is 5.80. The highest BCUT2D eigenvalue weighted by molar-refractivity contribution is 5.92. The molecule has 0 aliphatic heterocycles. The monoisotopic (exact) mass is 265 g/mol. The van der Waals surface area contributed by atoms with Gasteiger partial charge in [0.1, 0.15) is 18.2 Å². The van der Waals surface area contributed by atoms with Crippen LogP contribution in [-0.4, -0.2) is 4.98 Å². The van der Waals surface area contributed by atoms with Gasteiger partial charge in [-0.2, -0.15) is 0 Å². The van der Waals surface area contributed by atoms with E-state index in [2.05, 4.69) is 10.4 Å². The Morgan fingerprint density at radius 1 is 1.05 bits per heavy atom. The van der Waals surface area contributed by atoms with E-state index in [1.54, 1.807) is 6.20 Å². The number of rotatable bonds is 4. The summed E-state index contributed by atoms with van der Waals surface area (Å²) < 4.78 is 5.80. The number of hydrazine groups is 1. The summed E-state index contributed by atoms with van der Waals surface area (Å²) in [7, 11) is 0. The van der Waals surface area contributed by atoms with Gasteiger partial charge in [0, 0.05) is 11.6 Å². The Kier molecular flexibility index (Phi) is 3.48. The average Bonchev–Trinajstić information content (AvgIpc) is 2.53. The Balaban J connectivity index is 1.85. The van der Waals surface area contributed by atoms with Crippen LogP contribution in [0.3, 0.4) is 0 Å². The quantitative estimate of drug-likeness (QED) is 0.562. The van der Waals surface area contributed by atoms with Crippen molar-refractivity contribution in [3.05, 3.63) is 66.4 Å². The molecule has 4 nitrogen and oxygen atoms in total. The number of hydrogen-bond acceptors (Lipinski definition) is 4. The second-order valence-electron chi connectivity index (χ2n) is 4.46. The molecule has 0 bridgehead atoms. The fourth-order valence-corrected chi connectivity index (χ4v) is 2.09. The number of nitrogens with zero attached hydrogens (tertiary/aromatic N) is 1. The molecule has 100 valence electrons. The highest BCUT2D eigenvalue weighted by atomic mass is 16.5. The predicted molar refractivity (Wildman–Crippen MR) is 80.3 cm³/mol. The smallest absolute Gasteiger partial charge is 0.147 e. The molecule has 3 aromatic rings. The zero-order chi connectivity index (χ0) is 13.8. The Morgan fingerprint density at radius 3 is 2.70 bits per heavy atom. The van der Waals surface area contributed by atoms with Crippen LogP contribution in [0.25, 0.3) is 10.8 Å². The summed E-state index contributed by atoms with van der Waals surface area (Å²) in [6.45, 7) is 0.540. The minimum absolute atomic E-state index is 0.540. The van der Waals surface area contributed by atoms with Crippen LogP contribution in [0.15, 0.2) is 60.8 Å². The predicted octanol–water partition coefficient (Wildman–Crippen LogP) is 3.10. The van der Waals surface area contributed by atoms with Crippen molar-refractivity contribution in [1.29, 1.82) is 0 Å². The number of pyridine rings is 1. The number of anilines is 1. The standard InChI is InChI=1S/C16H15N3O/c17-19-16-15-10-14(7-6-13(15)8-9-18-16)20-11-12-4-2-1-3-5-12/h1-10H,11,17H2,(H,18,19). The number of nitrogens with one attached hydrogen (secondary N) is 1. The number of aromatic nitrogens is 1. The van der Waals surface area contributed by atoms with Gasteiger partial charge in [0.25, 0.3) is 0 Å². The van der Waals surface area contributed by atoms with E-state index < -0.39 is 0 Å². The van der Waals surface area contributed by atoms with Crippen molar-refractivity contribution in [3.63, 3.8) is 0 Å². The lowest BCUT2D eigenvalue weighted by molar-refractivity contribution is 0.306. The van der Waals surface area contributed by atoms with Crippen molar-refractivity contribution in [2.45, 2.75) is 6.61 Å². The molecule has 3 N–H and O–H groups in total. The molecule has 0 atom stereocenters. The molecular weight excluding hydrogens is 250 g/mol. The second kappa shape index (κ2) is 5.59. The van der Waals surface area contributed by atoms with Gasteiger partial charge in [-0.25, -0.2) is 10.8 Å². The fourth-order valence-electron chi connectivity index (χ4n) is 2.09. The maximum Gasteiger partial charge on any atom is 0.147 e. The molecule has 0 saturated heterocycles. The fraction of sp³-hybridized carbons (Fsp3) is 0.0625. The summed E-state index contributed by atoms with van der Waals surface area (Å²) in [5.74, 6) is 6.92. The third-order valence-corrected chi connectivity index (χ3v) is 3.12. The van der Waals surface area contributed by atoms with Crippen molar-refractivity contribution in [2.75, 3.05) is 5.43 Å². The molecule has 0 amide bonds. The first-order valence-electron chi connectivity index (χ1n) is 6.39. The van der Waals surface area contributed by atoms with Crippen LogP contribution in [0.1, 0.15) is 5.56 Å². The van der Waals surface area contributed by atoms with Crippen molar-refractivity contribution in [1.82, 2.24) is 4.98 Å². The highest BCUT2D eigenvalue weighted by Gasteiger charge is 2.03. The summed E-state index contributed by atoms with van der Waals surface area (Å²) in [5, 5.41) is 2.01. The molecule has 20 heavy (non-hydrogen) atoms. The number of fused-ring (bicyclic) bond motifs is 1. The van der Waals surface area contributed by atoms with Gasteiger partial charge in [0.15, 0.2) is 0 Å². The number of ether oxygens (including phenoxy) is 1. The minimum atomic E-state index is 0.540. The molecule has 0 aliphatic carbocycles. The average molecular weight is 265 g/mol. The van der Waals surface area contributed by atoms with Crippen molar-refractivity contribution >= 4 is 16.6 Å². The number of hydrogen-bond donors (Lipinski definition) is 2. The Labute approximate surface area is 117 Å². The highest BCUT2D eigenvalue weighted by Crippen LogP contribution is 2.25. The molecule has 1 aromatic heterocycles. The summed E-state index contributed by atoms with van der Waals surface area (Å²) in [6, 6.07) is 17.9. The zero-order valence-corrected chi connectivity index (χ0v) is 10.9. The normalized spacial score (nSPS) is 10.4. The topological polar surface area (TPSA) is 60.2 Å². The van der Waals surface area contributed by atoms with E-state index in [1.165, 1.54) is 0 Å². The van der Waals surface area contributed by atoms with Crippen LogP contribution in [0.5, 0.6) is 5.75 Å². The number of nitrogen functional groups attached to an aromatic ring is 1. The number of nitrogens with two attached hydrogens (primary N) is 1. The first-order chi connectivity index (χ1) is 9.86. The van der Waals surface area contributed by atoms with Gasteiger partial charge in [-0.3, -0.25) is 0 Å². The van der Waals surface area contributed by atoms with E-state index in [-0.39, 0.29) is 0 Å². The SMILES string of the molecule is NNc1nccc2ccc(OCc3ccccc3)cc12. The van der Waals surface area contributed by atoms with Crippen molar-refractivity contribution < 1.29 is 4.74 Å². The lowest BCUT2D eigenvalue weighted by Crippen LogP contribution is -2.08. The summed E-state index contributed by atoms with van der Waals surface area (Å²) in [5.41, 5.74) is 3.74. The first-order valence-corrected chi connectivity index (χ1v) is 6.39. The van der Waals surface area contributed by atoms with Gasteiger partial charge in [-0.1, -0.05) is 36.4 Å². The Bertz CT molecular complexity index is 713. The van der Waals surface area contributed by atoms with E-state index in [4.69, 9.17) is 10.6 Å². The van der Waals surface area contributed by atoms with Crippen molar-refractivity contribution in [3.8, 4) is 5.75 Å². The van der Waals surface area contributed by atoms with Crippen molar-refractivity contribution in [2.24, 2.45) is 5.84 Å².